The molecular formula is C8H2F12. The first kappa shape index (κ1) is 17.0. The molecule has 0 heterocycles. The molecule has 118 valence electrons. The number of allylic oxidation sites excluding steroid dienone is 2. The van der Waals surface area contributed by atoms with Crippen LogP contribution in [0.4, 0.5) is 52.7 Å². The van der Waals surface area contributed by atoms with E-state index in [-0.39, 0.29) is 0 Å². The van der Waals surface area contributed by atoms with Crippen molar-refractivity contribution in [3.8, 4) is 0 Å². The van der Waals surface area contributed by atoms with Crippen LogP contribution in [0.2, 0.25) is 0 Å². The number of halogens is 12. The van der Waals surface area contributed by atoms with Crippen molar-refractivity contribution in [3.63, 3.8) is 0 Å². The summed E-state index contributed by atoms with van der Waals surface area (Å²) in [5, 5.41) is 0. The highest BCUT2D eigenvalue weighted by Crippen LogP contribution is 2.63. The number of rotatable bonds is 0. The van der Waals surface area contributed by atoms with Crippen LogP contribution >= 0.6 is 0 Å². The second-order valence-electron chi connectivity index (χ2n) is 3.86. The van der Waals surface area contributed by atoms with Gasteiger partial charge in [-0.1, -0.05) is 0 Å². The van der Waals surface area contributed by atoms with E-state index in [9.17, 15) is 52.7 Å². The lowest BCUT2D eigenvalue weighted by atomic mass is 9.66. The van der Waals surface area contributed by atoms with Crippen molar-refractivity contribution in [3.05, 3.63) is 11.1 Å². The highest BCUT2D eigenvalue weighted by atomic mass is 19.4. The van der Waals surface area contributed by atoms with Crippen molar-refractivity contribution in [2.75, 3.05) is 0 Å². The van der Waals surface area contributed by atoms with E-state index < -0.39 is 47.7 Å². The summed E-state index contributed by atoms with van der Waals surface area (Å²) in [6.07, 6.45) is -24.5. The van der Waals surface area contributed by atoms with E-state index in [1.165, 1.54) is 0 Å². The Hall–Kier alpha value is -1.10. The molecule has 0 fully saturated rings. The minimum atomic E-state index is -6.16. The maximum Gasteiger partial charge on any atom is 0.413 e. The summed E-state index contributed by atoms with van der Waals surface area (Å²) in [6.45, 7) is 0. The lowest BCUT2D eigenvalue weighted by Gasteiger charge is -2.44. The van der Waals surface area contributed by atoms with Gasteiger partial charge in [-0.25, -0.2) is 0 Å². The Morgan fingerprint density at radius 1 is 0.450 bits per heavy atom. The van der Waals surface area contributed by atoms with Gasteiger partial charge in [0.05, 0.1) is 11.1 Å². The second kappa shape index (κ2) is 4.20. The van der Waals surface area contributed by atoms with Gasteiger partial charge in [0, 0.05) is 0 Å². The van der Waals surface area contributed by atoms with Crippen LogP contribution < -0.4 is 0 Å². The van der Waals surface area contributed by atoms with Crippen LogP contribution in [-0.4, -0.2) is 24.7 Å². The maximum absolute atomic E-state index is 12.2. The fourth-order valence-electron chi connectivity index (χ4n) is 1.94. The first-order valence-corrected chi connectivity index (χ1v) is 4.51. The molecule has 2 atom stereocenters. The third kappa shape index (κ3) is 2.82. The largest absolute Gasteiger partial charge is 0.413 e. The molecule has 0 aliphatic heterocycles. The molecular weight excluding hydrogens is 324 g/mol. The van der Waals surface area contributed by atoms with E-state index in [0.29, 0.717) is 0 Å². The van der Waals surface area contributed by atoms with Crippen LogP contribution in [0.5, 0.6) is 0 Å². The zero-order chi connectivity index (χ0) is 16.3. The summed E-state index contributed by atoms with van der Waals surface area (Å²) in [4.78, 5) is 0. The molecule has 0 N–H and O–H groups in total. The smallest absolute Gasteiger partial charge is 0.170 e. The van der Waals surface area contributed by atoms with Gasteiger partial charge in [0.15, 0.2) is 0 Å². The Kier molecular flexibility index (Phi) is 3.56. The molecule has 1 rings (SSSR count). The Morgan fingerprint density at radius 3 is 0.750 bits per heavy atom. The predicted molar refractivity (Wildman–Crippen MR) is 38.2 cm³/mol. The van der Waals surface area contributed by atoms with Gasteiger partial charge in [-0.15, -0.1) is 0 Å². The zero-order valence-corrected chi connectivity index (χ0v) is 8.69. The van der Waals surface area contributed by atoms with Gasteiger partial charge in [-0.05, 0) is 0 Å². The van der Waals surface area contributed by atoms with Gasteiger partial charge in [0.2, 0.25) is 0 Å². The summed E-state index contributed by atoms with van der Waals surface area (Å²) in [5.41, 5.74) is -6.47. The Bertz CT molecular complexity index is 373. The molecule has 0 amide bonds. The summed E-state index contributed by atoms with van der Waals surface area (Å²) < 4.78 is 147. The monoisotopic (exact) mass is 326 g/mol. The maximum atomic E-state index is 12.2. The average Bonchev–Trinajstić information content (AvgIpc) is 1.86. The number of alkyl halides is 12. The summed E-state index contributed by atoms with van der Waals surface area (Å²) in [5.74, 6) is -8.53. The summed E-state index contributed by atoms with van der Waals surface area (Å²) in [7, 11) is 0. The van der Waals surface area contributed by atoms with Gasteiger partial charge < -0.3 is 0 Å². The van der Waals surface area contributed by atoms with Crippen molar-refractivity contribution in [1.82, 2.24) is 0 Å². The normalized spacial score (nSPS) is 25.8. The van der Waals surface area contributed by atoms with E-state index in [4.69, 9.17) is 0 Å². The molecule has 0 aromatic carbocycles. The molecule has 12 heteroatoms. The third-order valence-corrected chi connectivity index (χ3v) is 2.56. The van der Waals surface area contributed by atoms with E-state index in [1.54, 1.807) is 0 Å². The van der Waals surface area contributed by atoms with Crippen LogP contribution in [0.1, 0.15) is 0 Å². The topological polar surface area (TPSA) is 0 Å². The van der Waals surface area contributed by atoms with Gasteiger partial charge in [0.1, 0.15) is 11.8 Å². The lowest BCUT2D eigenvalue weighted by Crippen LogP contribution is -2.55. The SMILES string of the molecule is FC(F)(F)C1=C(C(F)(F)F)C(C(F)(F)F)C1C(F)(F)F. The van der Waals surface area contributed by atoms with E-state index in [0.717, 1.165) is 0 Å². The van der Waals surface area contributed by atoms with Gasteiger partial charge in [-0.2, -0.15) is 52.7 Å². The van der Waals surface area contributed by atoms with Crippen molar-refractivity contribution < 1.29 is 52.7 Å². The lowest BCUT2D eigenvalue weighted by molar-refractivity contribution is -0.277. The molecule has 0 saturated carbocycles. The Balaban J connectivity index is 3.56. The minimum Gasteiger partial charge on any atom is -0.170 e. The first-order valence-electron chi connectivity index (χ1n) is 4.51. The molecule has 0 spiro atoms. The zero-order valence-electron chi connectivity index (χ0n) is 8.69. The second-order valence-corrected chi connectivity index (χ2v) is 3.86. The Labute approximate surface area is 102 Å². The number of hydrogen-bond acceptors (Lipinski definition) is 0. The van der Waals surface area contributed by atoms with E-state index >= 15 is 0 Å². The third-order valence-electron chi connectivity index (χ3n) is 2.56. The molecule has 0 bridgehead atoms. The van der Waals surface area contributed by atoms with Crippen LogP contribution in [0.25, 0.3) is 0 Å². The first-order chi connectivity index (χ1) is 8.49. The van der Waals surface area contributed by atoms with Crippen molar-refractivity contribution in [2.45, 2.75) is 24.7 Å². The highest BCUT2D eigenvalue weighted by molar-refractivity contribution is 5.41. The van der Waals surface area contributed by atoms with E-state index in [2.05, 4.69) is 0 Å². The van der Waals surface area contributed by atoms with Crippen LogP contribution in [-0.2, 0) is 0 Å². The fourth-order valence-corrected chi connectivity index (χ4v) is 1.94. The van der Waals surface area contributed by atoms with Crippen molar-refractivity contribution in [1.29, 1.82) is 0 Å². The molecule has 1 aliphatic carbocycles. The molecule has 0 aromatic rings. The quantitative estimate of drug-likeness (QED) is 0.444. The molecule has 2 unspecified atom stereocenters. The van der Waals surface area contributed by atoms with Crippen LogP contribution in [0.3, 0.4) is 0 Å². The van der Waals surface area contributed by atoms with Gasteiger partial charge in [-0.3, -0.25) is 0 Å². The molecule has 0 nitrogen and oxygen atoms in total. The van der Waals surface area contributed by atoms with E-state index in [1.807, 2.05) is 0 Å². The number of hydrogen-bond donors (Lipinski definition) is 0. The molecule has 0 radical (unpaired) electrons. The van der Waals surface area contributed by atoms with Crippen molar-refractivity contribution >= 4 is 0 Å². The molecule has 20 heavy (non-hydrogen) atoms. The summed E-state index contributed by atoms with van der Waals surface area (Å²) in [6, 6.07) is 0. The van der Waals surface area contributed by atoms with Gasteiger partial charge in [0.25, 0.3) is 0 Å². The summed E-state index contributed by atoms with van der Waals surface area (Å²) >= 11 is 0. The highest BCUT2D eigenvalue weighted by Gasteiger charge is 2.74. The minimum absolute atomic E-state index is 3.24. The fraction of sp³-hybridized carbons (Fsp3) is 0.750. The molecule has 1 aliphatic rings. The molecule has 0 aromatic heterocycles. The average molecular weight is 326 g/mol. The predicted octanol–water partition coefficient (Wildman–Crippen LogP) is 4.78. The van der Waals surface area contributed by atoms with Crippen LogP contribution in [0.15, 0.2) is 11.1 Å². The van der Waals surface area contributed by atoms with Crippen LogP contribution in [0, 0.1) is 11.8 Å². The van der Waals surface area contributed by atoms with Gasteiger partial charge >= 0.3 is 24.7 Å². The Morgan fingerprint density at radius 2 is 0.650 bits per heavy atom. The molecule has 0 saturated heterocycles. The van der Waals surface area contributed by atoms with Crippen molar-refractivity contribution in [2.24, 2.45) is 11.8 Å². The standard InChI is InChI=1S/C8H2F12/c9-5(10,11)1-2(6(12,13)14)4(8(18,19)20)3(1)7(15,16)17/h1-2H.